The van der Waals surface area contributed by atoms with Crippen molar-refractivity contribution in [2.45, 2.75) is 30.6 Å². The minimum atomic E-state index is 0.0835. The number of rotatable bonds is 3. The zero-order chi connectivity index (χ0) is 12.5. The third-order valence-corrected chi connectivity index (χ3v) is 4.33. The molecule has 2 rings (SSSR count). The Bertz CT molecular complexity index is 517. The molecule has 0 radical (unpaired) electrons. The Hall–Kier alpha value is -0.780. The van der Waals surface area contributed by atoms with Crippen LogP contribution in [0.4, 0.5) is 0 Å². The monoisotopic (exact) mass is 268 g/mol. The molecule has 0 aliphatic heterocycles. The van der Waals surface area contributed by atoms with Crippen LogP contribution in [0.1, 0.15) is 20.8 Å². The molecule has 0 saturated carbocycles. The lowest BCUT2D eigenvalue weighted by molar-refractivity contribution is 0.415. The highest BCUT2D eigenvalue weighted by Gasteiger charge is 2.12. The number of hydrogen-bond donors (Lipinski definition) is 1. The van der Waals surface area contributed by atoms with Crippen LogP contribution < -0.4 is 9.46 Å². The average molecular weight is 268 g/mol. The van der Waals surface area contributed by atoms with E-state index in [-0.39, 0.29) is 5.54 Å². The summed E-state index contributed by atoms with van der Waals surface area (Å²) in [6.45, 7) is 6.41. The molecule has 0 aliphatic rings. The molecule has 0 amide bonds. The lowest BCUT2D eigenvalue weighted by atomic mass is 10.1. The van der Waals surface area contributed by atoms with Gasteiger partial charge in [0.05, 0.1) is 17.3 Å². The Morgan fingerprint density at radius 1 is 1.35 bits per heavy atom. The second-order valence-corrected chi connectivity index (χ2v) is 6.85. The zero-order valence-electron chi connectivity index (χ0n) is 10.4. The van der Waals surface area contributed by atoms with Crippen molar-refractivity contribution < 1.29 is 4.74 Å². The first-order chi connectivity index (χ1) is 7.98. The molecule has 0 spiro atoms. The van der Waals surface area contributed by atoms with Crippen LogP contribution in [0.15, 0.2) is 22.5 Å². The molecule has 0 atom stereocenters. The molecule has 0 unspecified atom stereocenters. The fraction of sp³-hybridized carbons (Fsp3) is 0.417. The fourth-order valence-corrected chi connectivity index (χ4v) is 3.03. The van der Waals surface area contributed by atoms with E-state index in [0.717, 1.165) is 15.6 Å². The van der Waals surface area contributed by atoms with Gasteiger partial charge in [-0.05, 0) is 44.9 Å². The van der Waals surface area contributed by atoms with Crippen molar-refractivity contribution in [3.8, 4) is 5.75 Å². The zero-order valence-corrected chi connectivity index (χ0v) is 12.0. The van der Waals surface area contributed by atoms with Gasteiger partial charge in [-0.15, -0.1) is 11.3 Å². The minimum Gasteiger partial charge on any atom is -0.497 e. The molecular weight excluding hydrogens is 252 g/mol. The molecule has 5 heteroatoms. The van der Waals surface area contributed by atoms with Crippen LogP contribution in [0, 0.1) is 0 Å². The number of methoxy groups -OCH3 is 1. The lowest BCUT2D eigenvalue weighted by Gasteiger charge is -2.17. The predicted octanol–water partition coefficient (Wildman–Crippen LogP) is 3.70. The molecular formula is C12H16N2OS2. The van der Waals surface area contributed by atoms with Crippen molar-refractivity contribution in [1.29, 1.82) is 0 Å². The van der Waals surface area contributed by atoms with Gasteiger partial charge in [-0.2, -0.15) is 0 Å². The second kappa shape index (κ2) is 4.84. The minimum absolute atomic E-state index is 0.0835. The number of aromatic nitrogens is 1. The molecule has 0 saturated heterocycles. The standard InChI is InChI=1S/C12H16N2OS2/c1-12(2,3)14-17-11-13-9-7-8(15-4)5-6-10(9)16-11/h5-7,14H,1-4H3. The van der Waals surface area contributed by atoms with Gasteiger partial charge in [-0.1, -0.05) is 0 Å². The van der Waals surface area contributed by atoms with Gasteiger partial charge in [0.1, 0.15) is 5.75 Å². The summed E-state index contributed by atoms with van der Waals surface area (Å²) in [6, 6.07) is 5.98. The van der Waals surface area contributed by atoms with Crippen molar-refractivity contribution in [2.75, 3.05) is 7.11 Å². The normalized spacial score (nSPS) is 12.0. The number of benzene rings is 1. The molecule has 3 nitrogen and oxygen atoms in total. The highest BCUT2D eigenvalue weighted by molar-refractivity contribution is 7.99. The maximum Gasteiger partial charge on any atom is 0.166 e. The summed E-state index contributed by atoms with van der Waals surface area (Å²) in [6.07, 6.45) is 0. The molecule has 17 heavy (non-hydrogen) atoms. The molecule has 0 bridgehead atoms. The maximum atomic E-state index is 5.19. The lowest BCUT2D eigenvalue weighted by Crippen LogP contribution is -2.29. The van der Waals surface area contributed by atoms with Gasteiger partial charge in [0.15, 0.2) is 4.34 Å². The summed E-state index contributed by atoms with van der Waals surface area (Å²) >= 11 is 3.27. The van der Waals surface area contributed by atoms with Gasteiger partial charge in [0, 0.05) is 11.6 Å². The number of hydrogen-bond acceptors (Lipinski definition) is 5. The molecule has 1 aromatic carbocycles. The number of thiazole rings is 1. The smallest absolute Gasteiger partial charge is 0.166 e. The topological polar surface area (TPSA) is 34.1 Å². The molecule has 0 fully saturated rings. The van der Waals surface area contributed by atoms with Crippen molar-refractivity contribution >= 4 is 33.5 Å². The summed E-state index contributed by atoms with van der Waals surface area (Å²) in [4.78, 5) is 4.56. The van der Waals surface area contributed by atoms with E-state index in [1.54, 1.807) is 30.4 Å². The van der Waals surface area contributed by atoms with Gasteiger partial charge in [-0.25, -0.2) is 4.98 Å². The van der Waals surface area contributed by atoms with E-state index in [0.29, 0.717) is 0 Å². The quantitative estimate of drug-likeness (QED) is 0.861. The van der Waals surface area contributed by atoms with Crippen LogP contribution >= 0.6 is 23.3 Å². The predicted molar refractivity (Wildman–Crippen MR) is 74.9 cm³/mol. The van der Waals surface area contributed by atoms with Crippen molar-refractivity contribution in [3.63, 3.8) is 0 Å². The molecule has 1 N–H and O–H groups in total. The molecule has 0 aliphatic carbocycles. The Labute approximate surface area is 110 Å². The van der Waals surface area contributed by atoms with Gasteiger partial charge >= 0.3 is 0 Å². The number of ether oxygens (including phenoxy) is 1. The summed E-state index contributed by atoms with van der Waals surface area (Å²) in [7, 11) is 1.67. The van der Waals surface area contributed by atoms with Crippen LogP contribution in [0.5, 0.6) is 5.75 Å². The summed E-state index contributed by atoms with van der Waals surface area (Å²) < 4.78 is 10.8. The van der Waals surface area contributed by atoms with Gasteiger partial charge in [0.25, 0.3) is 0 Å². The number of nitrogens with one attached hydrogen (secondary N) is 1. The maximum absolute atomic E-state index is 5.19. The van der Waals surface area contributed by atoms with Crippen molar-refractivity contribution in [2.24, 2.45) is 0 Å². The number of fused-ring (bicyclic) bond motifs is 1. The fourth-order valence-electron chi connectivity index (χ4n) is 1.25. The Kier molecular flexibility index (Phi) is 3.61. The highest BCUT2D eigenvalue weighted by atomic mass is 32.2. The van der Waals surface area contributed by atoms with E-state index in [2.05, 4.69) is 30.5 Å². The van der Waals surface area contributed by atoms with E-state index in [1.807, 2.05) is 18.2 Å². The molecule has 1 heterocycles. The van der Waals surface area contributed by atoms with E-state index in [9.17, 15) is 0 Å². The highest BCUT2D eigenvalue weighted by Crippen LogP contribution is 2.31. The second-order valence-electron chi connectivity index (χ2n) is 4.77. The van der Waals surface area contributed by atoms with E-state index >= 15 is 0 Å². The summed E-state index contributed by atoms with van der Waals surface area (Å²) in [5, 5.41) is 0. The molecule has 2 aromatic rings. The summed E-state index contributed by atoms with van der Waals surface area (Å²) in [5.41, 5.74) is 1.08. The molecule has 1 aromatic heterocycles. The summed E-state index contributed by atoms with van der Waals surface area (Å²) in [5.74, 6) is 0.850. The number of nitrogens with zero attached hydrogens (tertiary/aromatic N) is 1. The first-order valence-corrected chi connectivity index (χ1v) is 7.00. The Morgan fingerprint density at radius 2 is 2.12 bits per heavy atom. The largest absolute Gasteiger partial charge is 0.497 e. The van der Waals surface area contributed by atoms with Crippen LogP contribution in [-0.4, -0.2) is 17.6 Å². The van der Waals surface area contributed by atoms with Crippen molar-refractivity contribution in [1.82, 2.24) is 9.71 Å². The SMILES string of the molecule is COc1ccc2sc(SNC(C)(C)C)nc2c1. The van der Waals surface area contributed by atoms with E-state index in [1.165, 1.54) is 4.70 Å². The first-order valence-electron chi connectivity index (χ1n) is 5.36. The van der Waals surface area contributed by atoms with E-state index in [4.69, 9.17) is 4.74 Å². The van der Waals surface area contributed by atoms with Gasteiger partial charge in [-0.3, -0.25) is 4.72 Å². The third kappa shape index (κ3) is 3.34. The van der Waals surface area contributed by atoms with Crippen LogP contribution in [0.25, 0.3) is 10.2 Å². The first kappa shape index (κ1) is 12.7. The van der Waals surface area contributed by atoms with Crippen LogP contribution in [0.3, 0.4) is 0 Å². The Morgan fingerprint density at radius 3 is 2.76 bits per heavy atom. The Balaban J connectivity index is 2.20. The van der Waals surface area contributed by atoms with Gasteiger partial charge < -0.3 is 4.74 Å². The van der Waals surface area contributed by atoms with Crippen LogP contribution in [-0.2, 0) is 0 Å². The van der Waals surface area contributed by atoms with E-state index < -0.39 is 0 Å². The molecule has 92 valence electrons. The van der Waals surface area contributed by atoms with Crippen LogP contribution in [0.2, 0.25) is 0 Å². The third-order valence-electron chi connectivity index (χ3n) is 2.02. The van der Waals surface area contributed by atoms with Gasteiger partial charge in [0.2, 0.25) is 0 Å². The average Bonchev–Trinajstić information content (AvgIpc) is 2.66. The van der Waals surface area contributed by atoms with Crippen molar-refractivity contribution in [3.05, 3.63) is 18.2 Å².